The van der Waals surface area contributed by atoms with Gasteiger partial charge in [0.1, 0.15) is 0 Å². The molecule has 0 bridgehead atoms. The Morgan fingerprint density at radius 1 is 1.62 bits per heavy atom. The van der Waals surface area contributed by atoms with Crippen LogP contribution in [0.1, 0.15) is 33.1 Å². The molecule has 1 rings (SSSR count). The van der Waals surface area contributed by atoms with E-state index in [-0.39, 0.29) is 12.0 Å². The quantitative estimate of drug-likeness (QED) is 0.697. The zero-order chi connectivity index (χ0) is 9.84. The standard InChI is InChI=1S/C10H19NO2/c1-3-4-10(13)11-6-5-8(2)9(12)7-11/h8-9,12H,3-7H2,1-2H3. The van der Waals surface area contributed by atoms with Crippen molar-refractivity contribution in [2.75, 3.05) is 13.1 Å². The summed E-state index contributed by atoms with van der Waals surface area (Å²) in [6.07, 6.45) is 2.10. The summed E-state index contributed by atoms with van der Waals surface area (Å²) in [4.78, 5) is 13.3. The predicted octanol–water partition coefficient (Wildman–Crippen LogP) is 1.02. The van der Waals surface area contributed by atoms with Crippen molar-refractivity contribution in [1.82, 2.24) is 4.90 Å². The van der Waals surface area contributed by atoms with Crippen molar-refractivity contribution in [3.05, 3.63) is 0 Å². The number of piperidine rings is 1. The molecule has 0 radical (unpaired) electrons. The summed E-state index contributed by atoms with van der Waals surface area (Å²) in [6, 6.07) is 0. The number of aliphatic hydroxyl groups excluding tert-OH is 1. The van der Waals surface area contributed by atoms with Gasteiger partial charge in [-0.15, -0.1) is 0 Å². The van der Waals surface area contributed by atoms with Crippen molar-refractivity contribution in [2.24, 2.45) is 5.92 Å². The lowest BCUT2D eigenvalue weighted by Crippen LogP contribution is -2.45. The van der Waals surface area contributed by atoms with Crippen LogP contribution in [0.5, 0.6) is 0 Å². The van der Waals surface area contributed by atoms with E-state index in [2.05, 4.69) is 0 Å². The molecule has 1 fully saturated rings. The van der Waals surface area contributed by atoms with Crippen molar-refractivity contribution in [3.8, 4) is 0 Å². The smallest absolute Gasteiger partial charge is 0.222 e. The number of amides is 1. The van der Waals surface area contributed by atoms with Crippen molar-refractivity contribution in [3.63, 3.8) is 0 Å². The summed E-state index contributed by atoms with van der Waals surface area (Å²) in [6.45, 7) is 5.38. The Morgan fingerprint density at radius 2 is 2.31 bits per heavy atom. The number of rotatable bonds is 2. The van der Waals surface area contributed by atoms with Crippen molar-refractivity contribution in [1.29, 1.82) is 0 Å². The Morgan fingerprint density at radius 3 is 2.85 bits per heavy atom. The molecule has 0 spiro atoms. The van der Waals surface area contributed by atoms with Crippen LogP contribution in [0.15, 0.2) is 0 Å². The second-order valence-electron chi connectivity index (χ2n) is 3.92. The average Bonchev–Trinajstić information content (AvgIpc) is 2.10. The third-order valence-electron chi connectivity index (χ3n) is 2.74. The van der Waals surface area contributed by atoms with Gasteiger partial charge in [0, 0.05) is 19.5 Å². The molecule has 2 unspecified atom stereocenters. The molecule has 2 atom stereocenters. The Bertz CT molecular complexity index is 182. The Labute approximate surface area is 79.7 Å². The van der Waals surface area contributed by atoms with E-state index in [1.165, 1.54) is 0 Å². The molecule has 0 aromatic heterocycles. The molecule has 0 saturated carbocycles. The van der Waals surface area contributed by atoms with Crippen molar-refractivity contribution >= 4 is 5.91 Å². The molecule has 1 amide bonds. The van der Waals surface area contributed by atoms with Crippen LogP contribution in [-0.2, 0) is 4.79 Å². The molecule has 1 N–H and O–H groups in total. The van der Waals surface area contributed by atoms with E-state index in [1.807, 2.05) is 13.8 Å². The van der Waals surface area contributed by atoms with Crippen LogP contribution in [0.3, 0.4) is 0 Å². The van der Waals surface area contributed by atoms with E-state index in [0.29, 0.717) is 18.9 Å². The highest BCUT2D eigenvalue weighted by molar-refractivity contribution is 5.76. The number of hydrogen-bond donors (Lipinski definition) is 1. The largest absolute Gasteiger partial charge is 0.391 e. The van der Waals surface area contributed by atoms with Gasteiger partial charge in [0.2, 0.25) is 5.91 Å². The highest BCUT2D eigenvalue weighted by atomic mass is 16.3. The lowest BCUT2D eigenvalue weighted by atomic mass is 9.96. The van der Waals surface area contributed by atoms with Crippen LogP contribution in [0, 0.1) is 5.92 Å². The molecule has 3 nitrogen and oxygen atoms in total. The number of likely N-dealkylation sites (tertiary alicyclic amines) is 1. The van der Waals surface area contributed by atoms with Gasteiger partial charge in [0.25, 0.3) is 0 Å². The van der Waals surface area contributed by atoms with Gasteiger partial charge >= 0.3 is 0 Å². The molecule has 0 aliphatic carbocycles. The number of hydrogen-bond acceptors (Lipinski definition) is 2. The van der Waals surface area contributed by atoms with Gasteiger partial charge in [0.15, 0.2) is 0 Å². The summed E-state index contributed by atoms with van der Waals surface area (Å²) in [5.41, 5.74) is 0. The summed E-state index contributed by atoms with van der Waals surface area (Å²) >= 11 is 0. The van der Waals surface area contributed by atoms with Gasteiger partial charge < -0.3 is 10.0 Å². The molecule has 0 aromatic carbocycles. The van der Waals surface area contributed by atoms with E-state index in [1.54, 1.807) is 4.90 Å². The van der Waals surface area contributed by atoms with Crippen LogP contribution < -0.4 is 0 Å². The average molecular weight is 185 g/mol. The Kier molecular flexibility index (Phi) is 3.72. The maximum absolute atomic E-state index is 11.5. The summed E-state index contributed by atoms with van der Waals surface area (Å²) in [5, 5.41) is 9.57. The van der Waals surface area contributed by atoms with Gasteiger partial charge in [-0.2, -0.15) is 0 Å². The predicted molar refractivity (Wildman–Crippen MR) is 51.3 cm³/mol. The summed E-state index contributed by atoms with van der Waals surface area (Å²) < 4.78 is 0. The van der Waals surface area contributed by atoms with E-state index >= 15 is 0 Å². The lowest BCUT2D eigenvalue weighted by molar-refractivity contribution is -0.135. The SMILES string of the molecule is CCCC(=O)N1CCC(C)C(O)C1. The molecular formula is C10H19NO2. The first-order valence-electron chi connectivity index (χ1n) is 5.11. The molecular weight excluding hydrogens is 166 g/mol. The fourth-order valence-corrected chi connectivity index (χ4v) is 1.65. The minimum atomic E-state index is -0.324. The third-order valence-corrected chi connectivity index (χ3v) is 2.74. The first-order chi connectivity index (χ1) is 6.15. The summed E-state index contributed by atoms with van der Waals surface area (Å²) in [5.74, 6) is 0.527. The maximum Gasteiger partial charge on any atom is 0.222 e. The van der Waals surface area contributed by atoms with Gasteiger partial charge in [-0.05, 0) is 18.8 Å². The molecule has 3 heteroatoms. The molecule has 1 saturated heterocycles. The zero-order valence-corrected chi connectivity index (χ0v) is 8.49. The van der Waals surface area contributed by atoms with Gasteiger partial charge in [-0.3, -0.25) is 4.79 Å². The minimum absolute atomic E-state index is 0.188. The first kappa shape index (κ1) is 10.5. The highest BCUT2D eigenvalue weighted by Crippen LogP contribution is 2.17. The van der Waals surface area contributed by atoms with Crippen LogP contribution in [0.25, 0.3) is 0 Å². The van der Waals surface area contributed by atoms with Crippen LogP contribution >= 0.6 is 0 Å². The molecule has 1 aliphatic heterocycles. The number of nitrogens with zero attached hydrogens (tertiary/aromatic N) is 1. The Hall–Kier alpha value is -0.570. The monoisotopic (exact) mass is 185 g/mol. The maximum atomic E-state index is 11.5. The van der Waals surface area contributed by atoms with Crippen LogP contribution in [0.4, 0.5) is 0 Å². The highest BCUT2D eigenvalue weighted by Gasteiger charge is 2.26. The Balaban J connectivity index is 2.40. The molecule has 1 heterocycles. The zero-order valence-electron chi connectivity index (χ0n) is 8.49. The van der Waals surface area contributed by atoms with Crippen molar-refractivity contribution < 1.29 is 9.90 Å². The number of β-amino-alcohol motifs (C(OH)–C–C–N with tert-alkyl or cyclic N) is 1. The third kappa shape index (κ3) is 2.69. The number of carbonyl (C=O) groups excluding carboxylic acids is 1. The minimum Gasteiger partial charge on any atom is -0.391 e. The van der Waals surface area contributed by atoms with E-state index < -0.39 is 0 Å². The molecule has 0 aromatic rings. The van der Waals surface area contributed by atoms with Gasteiger partial charge in [0.05, 0.1) is 6.10 Å². The lowest BCUT2D eigenvalue weighted by Gasteiger charge is -2.34. The van der Waals surface area contributed by atoms with Gasteiger partial charge in [-0.1, -0.05) is 13.8 Å². The van der Waals surface area contributed by atoms with E-state index in [4.69, 9.17) is 0 Å². The topological polar surface area (TPSA) is 40.5 Å². The second kappa shape index (κ2) is 4.61. The molecule has 1 aliphatic rings. The number of aliphatic hydroxyl groups is 1. The fourth-order valence-electron chi connectivity index (χ4n) is 1.65. The number of carbonyl (C=O) groups is 1. The fraction of sp³-hybridized carbons (Fsp3) is 0.900. The van der Waals surface area contributed by atoms with Crippen LogP contribution in [0.2, 0.25) is 0 Å². The molecule has 76 valence electrons. The molecule has 13 heavy (non-hydrogen) atoms. The van der Waals surface area contributed by atoms with E-state index in [0.717, 1.165) is 19.4 Å². The van der Waals surface area contributed by atoms with Crippen LogP contribution in [-0.4, -0.2) is 35.1 Å². The van der Waals surface area contributed by atoms with E-state index in [9.17, 15) is 9.90 Å². The summed E-state index contributed by atoms with van der Waals surface area (Å²) in [7, 11) is 0. The van der Waals surface area contributed by atoms with Crippen molar-refractivity contribution in [2.45, 2.75) is 39.2 Å². The normalized spacial score (nSPS) is 29.0. The van der Waals surface area contributed by atoms with Gasteiger partial charge in [-0.25, -0.2) is 0 Å². The first-order valence-corrected chi connectivity index (χ1v) is 5.11. The second-order valence-corrected chi connectivity index (χ2v) is 3.92.